The minimum Gasteiger partial charge on any atom is -0.756 e. The van der Waals surface area contributed by atoms with Crippen LogP contribution in [0.5, 0.6) is 0 Å². The Bertz CT molecular complexity index is 947. The molecule has 0 aromatic heterocycles. The molecule has 0 spiro atoms. The number of nitrogens with one attached hydrogen (secondary N) is 1. The molecule has 0 aliphatic heterocycles. The van der Waals surface area contributed by atoms with Crippen molar-refractivity contribution in [1.82, 2.24) is 5.32 Å². The average Bonchev–Trinajstić information content (AvgIpc) is 3.20. The fraction of sp³-hybridized carbons (Fsp3) is 0.980. The van der Waals surface area contributed by atoms with Crippen LogP contribution in [0, 0.1) is 0 Å². The Kier molecular flexibility index (Phi) is 43.4. The van der Waals surface area contributed by atoms with E-state index in [-0.39, 0.29) is 19.1 Å². The van der Waals surface area contributed by atoms with Crippen molar-refractivity contribution in [3.63, 3.8) is 0 Å². The second-order valence-electron chi connectivity index (χ2n) is 19.6. The number of aliphatic hydroxyl groups is 1. The van der Waals surface area contributed by atoms with E-state index in [2.05, 4.69) is 19.2 Å². The lowest BCUT2D eigenvalue weighted by Gasteiger charge is -2.30. The third-order valence-corrected chi connectivity index (χ3v) is 13.3. The molecule has 0 aromatic rings. The highest BCUT2D eigenvalue weighted by molar-refractivity contribution is 7.45. The van der Waals surface area contributed by atoms with Gasteiger partial charge in [0.05, 0.1) is 39.9 Å². The van der Waals surface area contributed by atoms with Gasteiger partial charge in [-0.05, 0) is 12.8 Å². The summed E-state index contributed by atoms with van der Waals surface area (Å²) in [6, 6.07) is -0.793. The first-order valence-electron chi connectivity index (χ1n) is 26.4. The topological polar surface area (TPSA) is 108 Å². The molecule has 1 amide bonds. The molecule has 0 saturated carbocycles. The maximum absolute atomic E-state index is 12.8. The summed E-state index contributed by atoms with van der Waals surface area (Å²) in [6.07, 6.45) is 50.0. The lowest BCUT2D eigenvalue weighted by atomic mass is 10.0. The van der Waals surface area contributed by atoms with Crippen LogP contribution in [0.2, 0.25) is 0 Å². The van der Waals surface area contributed by atoms with Gasteiger partial charge in [-0.2, -0.15) is 0 Å². The van der Waals surface area contributed by atoms with E-state index in [0.29, 0.717) is 23.9 Å². The molecule has 60 heavy (non-hydrogen) atoms. The summed E-state index contributed by atoms with van der Waals surface area (Å²) in [6.45, 7) is 4.74. The van der Waals surface area contributed by atoms with E-state index in [0.717, 1.165) is 38.5 Å². The molecule has 0 saturated heterocycles. The van der Waals surface area contributed by atoms with Gasteiger partial charge in [-0.3, -0.25) is 9.36 Å². The van der Waals surface area contributed by atoms with Crippen LogP contribution in [0.3, 0.4) is 0 Å². The van der Waals surface area contributed by atoms with E-state index in [1.54, 1.807) is 0 Å². The van der Waals surface area contributed by atoms with Crippen molar-refractivity contribution in [1.29, 1.82) is 0 Å². The third kappa shape index (κ3) is 45.5. The second kappa shape index (κ2) is 43.7. The molecule has 3 atom stereocenters. The molecule has 0 bridgehead atoms. The van der Waals surface area contributed by atoms with E-state index < -0.39 is 20.0 Å². The fourth-order valence-electron chi connectivity index (χ4n) is 8.16. The van der Waals surface area contributed by atoms with Gasteiger partial charge in [-0.1, -0.05) is 251 Å². The van der Waals surface area contributed by atoms with Crippen LogP contribution < -0.4 is 10.2 Å². The van der Waals surface area contributed by atoms with Crippen LogP contribution in [0.4, 0.5) is 0 Å². The van der Waals surface area contributed by atoms with Crippen LogP contribution in [-0.4, -0.2) is 68.5 Å². The van der Waals surface area contributed by atoms with E-state index >= 15 is 0 Å². The van der Waals surface area contributed by atoms with Gasteiger partial charge >= 0.3 is 0 Å². The highest BCUT2D eigenvalue weighted by Gasteiger charge is 2.24. The molecular formula is C51H105N2O6P. The SMILES string of the molecule is CCCCCCCCCCCCCCCCCCCCCCCCCCCCCCC(O)C(COP(=O)([O-])OCC[N+](C)(C)C)NC(=O)CCCCCCCCCCCC. The zero-order valence-electron chi connectivity index (χ0n) is 40.9. The van der Waals surface area contributed by atoms with E-state index in [1.165, 1.54) is 205 Å². The Morgan fingerprint density at radius 1 is 0.517 bits per heavy atom. The first-order valence-corrected chi connectivity index (χ1v) is 27.8. The molecule has 0 aromatic carbocycles. The highest BCUT2D eigenvalue weighted by atomic mass is 31.2. The number of unbranched alkanes of at least 4 members (excludes halogenated alkanes) is 36. The number of quaternary nitrogens is 1. The minimum atomic E-state index is -4.56. The predicted molar refractivity (Wildman–Crippen MR) is 256 cm³/mol. The number of rotatable bonds is 49. The van der Waals surface area contributed by atoms with Gasteiger partial charge in [0, 0.05) is 6.42 Å². The Balaban J connectivity index is 4.01. The molecule has 2 N–H and O–H groups in total. The van der Waals surface area contributed by atoms with Crippen molar-refractivity contribution in [3.8, 4) is 0 Å². The smallest absolute Gasteiger partial charge is 0.268 e. The van der Waals surface area contributed by atoms with Crippen molar-refractivity contribution in [2.45, 2.75) is 283 Å². The third-order valence-electron chi connectivity index (χ3n) is 12.3. The van der Waals surface area contributed by atoms with E-state index in [9.17, 15) is 19.4 Å². The van der Waals surface area contributed by atoms with Crippen molar-refractivity contribution in [2.24, 2.45) is 0 Å². The predicted octanol–water partition coefficient (Wildman–Crippen LogP) is 14.7. The lowest BCUT2D eigenvalue weighted by Crippen LogP contribution is -2.46. The van der Waals surface area contributed by atoms with Crippen LogP contribution in [0.25, 0.3) is 0 Å². The maximum atomic E-state index is 12.8. The number of carbonyl (C=O) groups is 1. The molecule has 0 heterocycles. The molecular weight excluding hydrogens is 768 g/mol. The summed E-state index contributed by atoms with van der Waals surface area (Å²) in [4.78, 5) is 25.3. The summed E-state index contributed by atoms with van der Waals surface area (Å²) in [5.74, 6) is -0.163. The molecule has 360 valence electrons. The second-order valence-corrected chi connectivity index (χ2v) is 21.0. The molecule has 0 radical (unpaired) electrons. The molecule has 0 rings (SSSR count). The van der Waals surface area contributed by atoms with Gasteiger partial charge in [0.1, 0.15) is 13.2 Å². The number of aliphatic hydroxyl groups excluding tert-OH is 1. The largest absolute Gasteiger partial charge is 0.756 e. The van der Waals surface area contributed by atoms with Gasteiger partial charge in [0.15, 0.2) is 0 Å². The highest BCUT2D eigenvalue weighted by Crippen LogP contribution is 2.38. The summed E-state index contributed by atoms with van der Waals surface area (Å²) in [5, 5.41) is 13.9. The van der Waals surface area contributed by atoms with E-state index in [4.69, 9.17) is 9.05 Å². The number of hydrogen-bond donors (Lipinski definition) is 2. The van der Waals surface area contributed by atoms with Gasteiger partial charge in [0.25, 0.3) is 7.82 Å². The molecule has 0 aliphatic carbocycles. The fourth-order valence-corrected chi connectivity index (χ4v) is 8.88. The molecule has 8 nitrogen and oxygen atoms in total. The van der Waals surface area contributed by atoms with Crippen molar-refractivity contribution < 1.29 is 32.9 Å². The minimum absolute atomic E-state index is 0.0161. The zero-order valence-corrected chi connectivity index (χ0v) is 41.8. The van der Waals surface area contributed by atoms with Crippen LogP contribution in [0.1, 0.15) is 271 Å². The Labute approximate surface area is 374 Å². The molecule has 3 unspecified atom stereocenters. The lowest BCUT2D eigenvalue weighted by molar-refractivity contribution is -0.870. The number of carbonyl (C=O) groups excluding carboxylic acids is 1. The summed E-state index contributed by atoms with van der Waals surface area (Å²) in [7, 11) is 1.32. The van der Waals surface area contributed by atoms with Crippen molar-refractivity contribution in [3.05, 3.63) is 0 Å². The summed E-state index contributed by atoms with van der Waals surface area (Å²) < 4.78 is 23.3. The summed E-state index contributed by atoms with van der Waals surface area (Å²) in [5.41, 5.74) is 0. The average molecular weight is 873 g/mol. The first-order chi connectivity index (χ1) is 29.0. The molecule has 0 aliphatic rings. The maximum Gasteiger partial charge on any atom is 0.268 e. The summed E-state index contributed by atoms with van der Waals surface area (Å²) >= 11 is 0. The Morgan fingerprint density at radius 3 is 1.13 bits per heavy atom. The van der Waals surface area contributed by atoms with Gasteiger partial charge in [0.2, 0.25) is 5.91 Å². The standard InChI is InChI=1S/C51H105N2O6P/c1-6-8-10-12-14-16-18-19-20-21-22-23-24-25-26-27-28-29-30-31-32-33-34-35-36-38-40-42-44-50(54)49(48-59-60(56,57)58-47-46-53(3,4)5)52-51(55)45-43-41-39-37-17-15-13-11-9-7-2/h49-50,54H,6-48H2,1-5H3,(H-,52,55,56,57). The van der Waals surface area contributed by atoms with Crippen molar-refractivity contribution in [2.75, 3.05) is 40.9 Å². The number of phosphoric ester groups is 1. The number of hydrogen-bond acceptors (Lipinski definition) is 6. The van der Waals surface area contributed by atoms with Crippen LogP contribution >= 0.6 is 7.82 Å². The van der Waals surface area contributed by atoms with Crippen LogP contribution in [-0.2, 0) is 18.4 Å². The van der Waals surface area contributed by atoms with Gasteiger partial charge in [-0.25, -0.2) is 0 Å². The Morgan fingerprint density at radius 2 is 0.817 bits per heavy atom. The first kappa shape index (κ1) is 59.5. The number of phosphoric acid groups is 1. The number of nitrogens with zero attached hydrogens (tertiary/aromatic N) is 1. The van der Waals surface area contributed by atoms with Crippen molar-refractivity contribution >= 4 is 13.7 Å². The van der Waals surface area contributed by atoms with Crippen LogP contribution in [0.15, 0.2) is 0 Å². The zero-order chi connectivity index (χ0) is 44.3. The van der Waals surface area contributed by atoms with Gasteiger partial charge in [-0.15, -0.1) is 0 Å². The number of likely N-dealkylation sites (N-methyl/N-ethyl adjacent to an activating group) is 1. The quantitative estimate of drug-likeness (QED) is 0.0358. The van der Waals surface area contributed by atoms with E-state index in [1.807, 2.05) is 21.1 Å². The molecule has 9 heteroatoms. The monoisotopic (exact) mass is 873 g/mol. The number of amides is 1. The van der Waals surface area contributed by atoms with Gasteiger partial charge < -0.3 is 28.8 Å². The molecule has 0 fully saturated rings. The Hall–Kier alpha value is -0.500. The normalized spacial score (nSPS) is 14.1.